The number of nitrogens with one attached hydrogen (secondary N) is 1. The molecule has 4 rings (SSSR count). The Hall–Kier alpha value is -3.25. The molecule has 1 atom stereocenters. The zero-order chi connectivity index (χ0) is 24.5. The molecule has 1 spiro atoms. The average molecular weight is 469 g/mol. The summed E-state index contributed by atoms with van der Waals surface area (Å²) in [7, 11) is 0. The summed E-state index contributed by atoms with van der Waals surface area (Å²) in [5.41, 5.74) is 2.36. The van der Waals surface area contributed by atoms with E-state index in [2.05, 4.69) is 5.32 Å². The zero-order valence-corrected chi connectivity index (χ0v) is 19.5. The summed E-state index contributed by atoms with van der Waals surface area (Å²) in [5, 5.41) is 26.9. The van der Waals surface area contributed by atoms with E-state index in [9.17, 15) is 24.3 Å². The number of hydrogen-bond acceptors (Lipinski definition) is 5. The number of nitriles is 1. The maximum absolute atomic E-state index is 13.8. The van der Waals surface area contributed by atoms with E-state index < -0.39 is 11.8 Å². The molecular weight excluding hydrogens is 439 g/mol. The molecule has 0 aliphatic carbocycles. The van der Waals surface area contributed by atoms with Gasteiger partial charge in [-0.2, -0.15) is 10.4 Å². The Labute approximate surface area is 197 Å². The number of carbonyl (C=O) groups excluding carboxylic acids is 1. The predicted octanol–water partition coefficient (Wildman–Crippen LogP) is 3.12. The Morgan fingerprint density at radius 1 is 1.41 bits per heavy atom. The van der Waals surface area contributed by atoms with Crippen molar-refractivity contribution in [1.82, 2.24) is 15.1 Å². The molecule has 1 aromatic carbocycles. The van der Waals surface area contributed by atoms with Crippen LogP contribution >= 0.6 is 0 Å². The normalized spacial score (nSPS) is 18.0. The monoisotopic (exact) mass is 468 g/mol. The number of carbonyl (C=O) groups is 2. The van der Waals surface area contributed by atoms with Gasteiger partial charge in [0.1, 0.15) is 5.82 Å². The molecule has 1 saturated heterocycles. The van der Waals surface area contributed by atoms with Gasteiger partial charge in [-0.15, -0.1) is 0 Å². The van der Waals surface area contributed by atoms with E-state index >= 15 is 0 Å². The van der Waals surface area contributed by atoms with Gasteiger partial charge in [-0.05, 0) is 61.1 Å². The van der Waals surface area contributed by atoms with Crippen LogP contribution < -0.4 is 5.32 Å². The zero-order valence-electron chi connectivity index (χ0n) is 19.5. The maximum atomic E-state index is 13.8. The van der Waals surface area contributed by atoms with Crippen molar-refractivity contribution in [3.63, 3.8) is 0 Å². The molecular formula is C25H29FN4O4. The number of ether oxygens (including phenoxy) is 1. The number of nitrogens with zero attached hydrogens (tertiary/aromatic N) is 3. The van der Waals surface area contributed by atoms with Crippen LogP contribution in [-0.2, 0) is 30.5 Å². The number of carboxylic acid groups (broad SMARTS) is 1. The van der Waals surface area contributed by atoms with E-state index in [0.717, 1.165) is 36.4 Å². The van der Waals surface area contributed by atoms with Gasteiger partial charge in [-0.1, -0.05) is 13.8 Å². The molecule has 2 N–H and O–H groups in total. The first-order valence-electron chi connectivity index (χ1n) is 11.7. The molecule has 2 aliphatic heterocycles. The first kappa shape index (κ1) is 23.9. The second-order valence-electron chi connectivity index (χ2n) is 9.48. The van der Waals surface area contributed by atoms with Gasteiger partial charge in [0.15, 0.2) is 0 Å². The lowest BCUT2D eigenvalue weighted by Gasteiger charge is -2.36. The predicted molar refractivity (Wildman–Crippen MR) is 121 cm³/mol. The van der Waals surface area contributed by atoms with Crippen LogP contribution in [0.5, 0.6) is 0 Å². The number of benzene rings is 1. The number of carboxylic acids is 1. The van der Waals surface area contributed by atoms with Crippen LogP contribution in [0.25, 0.3) is 0 Å². The van der Waals surface area contributed by atoms with Crippen LogP contribution in [0.15, 0.2) is 12.1 Å². The van der Waals surface area contributed by atoms with Gasteiger partial charge in [0.05, 0.1) is 34.1 Å². The summed E-state index contributed by atoms with van der Waals surface area (Å²) < 4.78 is 21.3. The van der Waals surface area contributed by atoms with Crippen molar-refractivity contribution in [3.05, 3.63) is 51.6 Å². The standard InChI is InChI=1S/C25H29FN4O4/c1-3-20-22-21(11-25(14-28-23(22)31)4-6-34-7-5-25)30(29-20)13-15(2)8-18-16(12-27)9-17(26)10-19(18)24(32)33/h9-10,15H,3-8,11,13-14H2,1-2H3,(H,28,31)(H,32,33)/t15-/m1/s1. The van der Waals surface area contributed by atoms with Crippen LogP contribution in [-0.4, -0.2) is 46.5 Å². The van der Waals surface area contributed by atoms with Crippen LogP contribution in [0.2, 0.25) is 0 Å². The highest BCUT2D eigenvalue weighted by atomic mass is 19.1. The van der Waals surface area contributed by atoms with Gasteiger partial charge < -0.3 is 15.2 Å². The number of aromatic carboxylic acids is 1. The van der Waals surface area contributed by atoms with E-state index in [1.165, 1.54) is 0 Å². The molecule has 0 saturated carbocycles. The fraction of sp³-hybridized carbons (Fsp3) is 0.520. The number of hydrogen-bond donors (Lipinski definition) is 2. The molecule has 1 fully saturated rings. The minimum Gasteiger partial charge on any atom is -0.478 e. The van der Waals surface area contributed by atoms with Gasteiger partial charge >= 0.3 is 5.97 Å². The fourth-order valence-electron chi connectivity index (χ4n) is 5.18. The Balaban J connectivity index is 1.67. The molecule has 0 radical (unpaired) electrons. The van der Waals surface area contributed by atoms with Gasteiger partial charge in [0.2, 0.25) is 0 Å². The number of amides is 1. The topological polar surface area (TPSA) is 117 Å². The summed E-state index contributed by atoms with van der Waals surface area (Å²) in [4.78, 5) is 24.7. The Kier molecular flexibility index (Phi) is 6.71. The summed E-state index contributed by atoms with van der Waals surface area (Å²) in [5.74, 6) is -2.23. The molecule has 1 amide bonds. The summed E-state index contributed by atoms with van der Waals surface area (Å²) in [6.45, 7) is 6.29. The van der Waals surface area contributed by atoms with E-state index in [0.29, 0.717) is 50.3 Å². The van der Waals surface area contributed by atoms with Crippen molar-refractivity contribution >= 4 is 11.9 Å². The molecule has 1 aromatic heterocycles. The lowest BCUT2D eigenvalue weighted by atomic mass is 9.76. The fourth-order valence-corrected chi connectivity index (χ4v) is 5.18. The highest BCUT2D eigenvalue weighted by Gasteiger charge is 2.39. The second kappa shape index (κ2) is 9.55. The molecule has 3 heterocycles. The van der Waals surface area contributed by atoms with Crippen molar-refractivity contribution < 1.29 is 23.8 Å². The molecule has 0 bridgehead atoms. The van der Waals surface area contributed by atoms with Gasteiger partial charge in [0, 0.05) is 26.3 Å². The molecule has 9 heteroatoms. The highest BCUT2D eigenvalue weighted by molar-refractivity contribution is 5.97. The molecule has 34 heavy (non-hydrogen) atoms. The van der Waals surface area contributed by atoms with Gasteiger partial charge in [-0.3, -0.25) is 9.48 Å². The molecule has 8 nitrogen and oxygen atoms in total. The van der Waals surface area contributed by atoms with Crippen molar-refractivity contribution in [2.45, 2.75) is 52.5 Å². The Morgan fingerprint density at radius 3 is 2.79 bits per heavy atom. The number of rotatable bonds is 6. The summed E-state index contributed by atoms with van der Waals surface area (Å²) in [6.07, 6.45) is 3.32. The lowest BCUT2D eigenvalue weighted by Crippen LogP contribution is -2.40. The van der Waals surface area contributed by atoms with Crippen LogP contribution in [0.1, 0.15) is 69.9 Å². The molecule has 2 aliphatic rings. The SMILES string of the molecule is CCc1nn(C[C@H](C)Cc2c(C#N)cc(F)cc2C(=O)O)c2c1C(=O)NCC1(CCOCC1)C2. The third-order valence-corrected chi connectivity index (χ3v) is 7.01. The smallest absolute Gasteiger partial charge is 0.336 e. The number of fused-ring (bicyclic) bond motifs is 1. The Bertz CT molecular complexity index is 1160. The number of aromatic nitrogens is 2. The van der Waals surface area contributed by atoms with Crippen LogP contribution in [0, 0.1) is 28.5 Å². The third-order valence-electron chi connectivity index (χ3n) is 7.01. The molecule has 0 unspecified atom stereocenters. The van der Waals surface area contributed by atoms with Crippen molar-refractivity contribution in [1.29, 1.82) is 5.26 Å². The van der Waals surface area contributed by atoms with E-state index in [-0.39, 0.29) is 34.8 Å². The van der Waals surface area contributed by atoms with Crippen LogP contribution in [0.3, 0.4) is 0 Å². The van der Waals surface area contributed by atoms with E-state index in [1.807, 2.05) is 24.6 Å². The quantitative estimate of drug-likeness (QED) is 0.673. The van der Waals surface area contributed by atoms with E-state index in [4.69, 9.17) is 9.84 Å². The minimum atomic E-state index is -1.27. The van der Waals surface area contributed by atoms with E-state index in [1.54, 1.807) is 0 Å². The van der Waals surface area contributed by atoms with Crippen molar-refractivity contribution in [2.24, 2.45) is 11.3 Å². The lowest BCUT2D eigenvalue weighted by molar-refractivity contribution is 0.0152. The highest BCUT2D eigenvalue weighted by Crippen LogP contribution is 2.37. The van der Waals surface area contributed by atoms with Gasteiger partial charge in [0.25, 0.3) is 5.91 Å². The average Bonchev–Trinajstić information content (AvgIpc) is 3.08. The van der Waals surface area contributed by atoms with Crippen LogP contribution in [0.4, 0.5) is 4.39 Å². The number of halogens is 1. The molecule has 2 aromatic rings. The summed E-state index contributed by atoms with van der Waals surface area (Å²) in [6, 6.07) is 3.96. The number of aryl methyl sites for hydroxylation is 1. The maximum Gasteiger partial charge on any atom is 0.336 e. The Morgan fingerprint density at radius 2 is 2.15 bits per heavy atom. The van der Waals surface area contributed by atoms with Crippen molar-refractivity contribution in [2.75, 3.05) is 19.8 Å². The first-order valence-corrected chi connectivity index (χ1v) is 11.7. The minimum absolute atomic E-state index is 0.0262. The third kappa shape index (κ3) is 4.55. The summed E-state index contributed by atoms with van der Waals surface area (Å²) >= 11 is 0. The first-order chi connectivity index (χ1) is 16.3. The molecule has 180 valence electrons. The largest absolute Gasteiger partial charge is 0.478 e. The van der Waals surface area contributed by atoms with Gasteiger partial charge in [-0.25, -0.2) is 9.18 Å². The van der Waals surface area contributed by atoms with Crippen molar-refractivity contribution in [3.8, 4) is 6.07 Å². The second-order valence-corrected chi connectivity index (χ2v) is 9.48.